The number of anilines is 1. The zero-order valence-electron chi connectivity index (χ0n) is 29.5. The maximum atomic E-state index is 14.1. The highest BCUT2D eigenvalue weighted by Crippen LogP contribution is 2.44. The van der Waals surface area contributed by atoms with Gasteiger partial charge in [-0.15, -0.1) is 0 Å². The second-order valence-corrected chi connectivity index (χ2v) is 20.8. The van der Waals surface area contributed by atoms with Crippen LogP contribution < -0.4 is 9.33 Å². The highest BCUT2D eigenvalue weighted by atomic mass is 28.4. The van der Waals surface area contributed by atoms with Crippen LogP contribution in [0.1, 0.15) is 79.1 Å². The van der Waals surface area contributed by atoms with E-state index in [1.165, 1.54) is 12.1 Å². The molecular weight excluding hydrogens is 603 g/mol. The van der Waals surface area contributed by atoms with Crippen molar-refractivity contribution in [3.8, 4) is 5.88 Å². The zero-order valence-corrected chi connectivity index (χ0v) is 30.5. The summed E-state index contributed by atoms with van der Waals surface area (Å²) in [6, 6.07) is 7.84. The molecule has 0 unspecified atom stereocenters. The quantitative estimate of drug-likeness (QED) is 0.359. The van der Waals surface area contributed by atoms with Crippen LogP contribution in [0.2, 0.25) is 18.1 Å². The molecule has 1 saturated heterocycles. The summed E-state index contributed by atoms with van der Waals surface area (Å²) in [5.74, 6) is 0.176. The Balaban J connectivity index is 1.64. The van der Waals surface area contributed by atoms with E-state index in [0.29, 0.717) is 25.4 Å². The molecule has 1 N–H and O–H groups in total. The highest BCUT2D eigenvalue weighted by Gasteiger charge is 2.44. The van der Waals surface area contributed by atoms with Crippen LogP contribution >= 0.6 is 0 Å². The molecular formula is C35H53FN4O5Si. The Morgan fingerprint density at radius 3 is 2.28 bits per heavy atom. The molecule has 1 aromatic carbocycles. The first-order chi connectivity index (χ1) is 21.1. The Bertz CT molecular complexity index is 1430. The van der Waals surface area contributed by atoms with Crippen molar-refractivity contribution in [3.05, 3.63) is 53.0 Å². The molecule has 2 aliphatic heterocycles. The molecule has 254 valence electrons. The molecule has 0 saturated carbocycles. The second kappa shape index (κ2) is 12.9. The van der Waals surface area contributed by atoms with Crippen molar-refractivity contribution in [2.24, 2.45) is 0 Å². The summed E-state index contributed by atoms with van der Waals surface area (Å²) in [5.41, 5.74) is 2.26. The third-order valence-electron chi connectivity index (χ3n) is 9.43. The van der Waals surface area contributed by atoms with Gasteiger partial charge >= 0.3 is 6.09 Å². The van der Waals surface area contributed by atoms with Crippen molar-refractivity contribution in [2.45, 2.75) is 110 Å². The van der Waals surface area contributed by atoms with E-state index in [2.05, 4.69) is 47.7 Å². The smallest absolute Gasteiger partial charge is 0.410 e. The highest BCUT2D eigenvalue weighted by molar-refractivity contribution is 6.74. The number of pyridine rings is 1. The molecule has 0 bridgehead atoms. The van der Waals surface area contributed by atoms with Crippen LogP contribution in [0, 0.1) is 5.82 Å². The molecule has 2 aromatic rings. The Kier molecular flexibility index (Phi) is 10.0. The summed E-state index contributed by atoms with van der Waals surface area (Å²) < 4.78 is 26.1. The van der Waals surface area contributed by atoms with E-state index in [4.69, 9.17) is 14.1 Å². The summed E-state index contributed by atoms with van der Waals surface area (Å²) in [6.45, 7) is 23.5. The summed E-state index contributed by atoms with van der Waals surface area (Å²) in [4.78, 5) is 37.5. The monoisotopic (exact) mass is 656 g/mol. The number of piperazine rings is 1. The van der Waals surface area contributed by atoms with Gasteiger partial charge in [0, 0.05) is 43.1 Å². The third-order valence-corrected chi connectivity index (χ3v) is 13.7. The van der Waals surface area contributed by atoms with E-state index in [-0.39, 0.29) is 42.5 Å². The predicted molar refractivity (Wildman–Crippen MR) is 181 cm³/mol. The minimum Gasteiger partial charge on any atom is -0.530 e. The number of amides is 2. The number of nitrogens with zero attached hydrogens (tertiary/aromatic N) is 4. The first-order valence-electron chi connectivity index (χ1n) is 16.2. The van der Waals surface area contributed by atoms with Gasteiger partial charge in [-0.1, -0.05) is 46.8 Å². The molecule has 3 heterocycles. The Labute approximate surface area is 275 Å². The maximum absolute atomic E-state index is 14.1. The Hall–Kier alpha value is -3.02. The molecule has 0 spiro atoms. The van der Waals surface area contributed by atoms with Gasteiger partial charge in [0.1, 0.15) is 11.4 Å². The third kappa shape index (κ3) is 7.91. The fourth-order valence-corrected chi connectivity index (χ4v) is 6.72. The minimum absolute atomic E-state index is 0.0494. The number of ether oxygens (including phenoxy) is 1. The average Bonchev–Trinajstić information content (AvgIpc) is 3.18. The van der Waals surface area contributed by atoms with Crippen LogP contribution in [0.4, 0.5) is 14.9 Å². The standard InChI is InChI=1S/C35H53FN4O5Si/c1-23-18-38(27(21-41)19-39(23)32(43)44-33(2,3)4)20-29(42)40-22-35(8,9)30-28(40)17-25(16-24-12-14-26(36)15-13-24)31(37-30)45-46(10,11)34(5,6)7/h12-15,17,23,27,41H,16,18-22H2,1-11H3/t23-,27-/m1/s1. The van der Waals surface area contributed by atoms with Crippen LogP contribution in [0.25, 0.3) is 0 Å². The van der Waals surface area contributed by atoms with Crippen molar-refractivity contribution in [2.75, 3.05) is 37.7 Å². The van der Waals surface area contributed by atoms with Gasteiger partial charge in [-0.3, -0.25) is 9.69 Å². The van der Waals surface area contributed by atoms with Gasteiger partial charge in [-0.05, 0) is 69.6 Å². The molecule has 46 heavy (non-hydrogen) atoms. The number of rotatable bonds is 7. The SMILES string of the molecule is C[C@@H]1CN(CC(=O)N2CC(C)(C)c3nc(O[Si](C)(C)C(C)(C)C)c(Cc4ccc(F)cc4)cc32)[C@@H](CO)CN1C(=O)OC(C)(C)C. The van der Waals surface area contributed by atoms with E-state index >= 15 is 0 Å². The van der Waals surface area contributed by atoms with Crippen LogP contribution in [-0.2, 0) is 21.4 Å². The number of carbonyl (C=O) groups is 2. The summed E-state index contributed by atoms with van der Waals surface area (Å²) >= 11 is 0. The van der Waals surface area contributed by atoms with E-state index in [1.807, 2.05) is 38.7 Å². The maximum Gasteiger partial charge on any atom is 0.410 e. The topological polar surface area (TPSA) is 95.4 Å². The van der Waals surface area contributed by atoms with Crippen LogP contribution in [0.3, 0.4) is 0 Å². The molecule has 4 rings (SSSR count). The van der Waals surface area contributed by atoms with Gasteiger partial charge < -0.3 is 24.1 Å². The van der Waals surface area contributed by atoms with Crippen molar-refractivity contribution in [1.82, 2.24) is 14.8 Å². The number of hydrogen-bond donors (Lipinski definition) is 1. The predicted octanol–water partition coefficient (Wildman–Crippen LogP) is 6.12. The molecule has 0 aliphatic carbocycles. The molecule has 2 aliphatic rings. The molecule has 9 nitrogen and oxygen atoms in total. The molecule has 11 heteroatoms. The van der Waals surface area contributed by atoms with E-state index < -0.39 is 31.5 Å². The van der Waals surface area contributed by atoms with Gasteiger partial charge in [0.15, 0.2) is 0 Å². The minimum atomic E-state index is -2.27. The number of aliphatic hydroxyl groups excluding tert-OH is 1. The molecule has 2 amide bonds. The lowest BCUT2D eigenvalue weighted by molar-refractivity contribution is -0.121. The van der Waals surface area contributed by atoms with E-state index in [1.54, 1.807) is 21.9 Å². The lowest BCUT2D eigenvalue weighted by Crippen LogP contribution is -2.62. The lowest BCUT2D eigenvalue weighted by atomic mass is 9.91. The van der Waals surface area contributed by atoms with Gasteiger partial charge in [-0.25, -0.2) is 14.2 Å². The van der Waals surface area contributed by atoms with Crippen molar-refractivity contribution >= 4 is 26.0 Å². The molecule has 2 atom stereocenters. The molecule has 1 fully saturated rings. The number of aliphatic hydroxyl groups is 1. The summed E-state index contributed by atoms with van der Waals surface area (Å²) in [5, 5.41) is 10.2. The van der Waals surface area contributed by atoms with Crippen molar-refractivity contribution in [1.29, 1.82) is 0 Å². The van der Waals surface area contributed by atoms with Crippen molar-refractivity contribution < 1.29 is 28.2 Å². The number of fused-ring (bicyclic) bond motifs is 1. The van der Waals surface area contributed by atoms with Crippen LogP contribution in [0.5, 0.6) is 5.88 Å². The van der Waals surface area contributed by atoms with E-state index in [9.17, 15) is 19.1 Å². The number of carbonyl (C=O) groups excluding carboxylic acids is 2. The Morgan fingerprint density at radius 2 is 1.72 bits per heavy atom. The van der Waals surface area contributed by atoms with Crippen LogP contribution in [-0.4, -0.2) is 90.7 Å². The van der Waals surface area contributed by atoms with Crippen molar-refractivity contribution in [3.63, 3.8) is 0 Å². The normalized spacial score (nSPS) is 20.5. The second-order valence-electron chi connectivity index (χ2n) is 16.1. The number of aromatic nitrogens is 1. The van der Waals surface area contributed by atoms with Gasteiger partial charge in [0.2, 0.25) is 11.8 Å². The number of hydrogen-bond acceptors (Lipinski definition) is 7. The van der Waals surface area contributed by atoms with Gasteiger partial charge in [0.05, 0.1) is 30.6 Å². The first-order valence-corrected chi connectivity index (χ1v) is 19.2. The molecule has 0 radical (unpaired) electrons. The summed E-state index contributed by atoms with van der Waals surface area (Å²) in [7, 11) is -2.27. The number of halogens is 1. The Morgan fingerprint density at radius 1 is 1.09 bits per heavy atom. The van der Waals surface area contributed by atoms with Crippen LogP contribution in [0.15, 0.2) is 30.3 Å². The average molecular weight is 657 g/mol. The zero-order chi connectivity index (χ0) is 34.4. The molecule has 1 aromatic heterocycles. The first kappa shape index (κ1) is 35.8. The van der Waals surface area contributed by atoms with Gasteiger partial charge in [-0.2, -0.15) is 0 Å². The lowest BCUT2D eigenvalue weighted by Gasteiger charge is -2.44. The largest absolute Gasteiger partial charge is 0.530 e. The van der Waals surface area contributed by atoms with Gasteiger partial charge in [0.25, 0.3) is 8.32 Å². The summed E-state index contributed by atoms with van der Waals surface area (Å²) in [6.07, 6.45) is 0.0547. The van der Waals surface area contributed by atoms with E-state index in [0.717, 1.165) is 22.5 Å². The fraction of sp³-hybridized carbons (Fsp3) is 0.629. The number of benzene rings is 1. The fourth-order valence-electron chi connectivity index (χ4n) is 5.75.